The van der Waals surface area contributed by atoms with Crippen LogP contribution < -0.4 is 10.5 Å². The lowest BCUT2D eigenvalue weighted by molar-refractivity contribution is -0.274. The van der Waals surface area contributed by atoms with Crippen molar-refractivity contribution in [3.63, 3.8) is 0 Å². The van der Waals surface area contributed by atoms with Crippen LogP contribution in [0.3, 0.4) is 0 Å². The van der Waals surface area contributed by atoms with Gasteiger partial charge in [0.15, 0.2) is 5.13 Å². The van der Waals surface area contributed by atoms with Gasteiger partial charge >= 0.3 is 6.36 Å². The van der Waals surface area contributed by atoms with Gasteiger partial charge in [0.2, 0.25) is 0 Å². The Morgan fingerprint density at radius 3 is 2.68 bits per heavy atom. The number of nitrogens with two attached hydrogens (primary N) is 1. The molecule has 0 radical (unpaired) electrons. The van der Waals surface area contributed by atoms with E-state index in [4.69, 9.17) is 5.73 Å². The fraction of sp³-hybridized carbons (Fsp3) is 0.182. The minimum Gasteiger partial charge on any atom is -0.406 e. The van der Waals surface area contributed by atoms with Gasteiger partial charge in [-0.15, -0.1) is 13.2 Å². The van der Waals surface area contributed by atoms with Crippen molar-refractivity contribution in [3.05, 3.63) is 40.9 Å². The van der Waals surface area contributed by atoms with Crippen molar-refractivity contribution >= 4 is 16.5 Å². The van der Waals surface area contributed by atoms with Crippen LogP contribution in [0.4, 0.5) is 18.3 Å². The summed E-state index contributed by atoms with van der Waals surface area (Å²) in [6.45, 7) is 0. The van der Waals surface area contributed by atoms with E-state index < -0.39 is 12.5 Å². The highest BCUT2D eigenvalue weighted by atomic mass is 32.1. The van der Waals surface area contributed by atoms with Crippen LogP contribution in [0.1, 0.15) is 16.5 Å². The van der Waals surface area contributed by atoms with Crippen LogP contribution in [0.5, 0.6) is 5.75 Å². The number of hydrogen-bond donors (Lipinski definition) is 2. The van der Waals surface area contributed by atoms with Crippen LogP contribution in [0.15, 0.2) is 30.5 Å². The highest BCUT2D eigenvalue weighted by Gasteiger charge is 2.31. The Balaban J connectivity index is 2.23. The molecule has 0 spiro atoms. The van der Waals surface area contributed by atoms with Gasteiger partial charge in [-0.05, 0) is 17.7 Å². The summed E-state index contributed by atoms with van der Waals surface area (Å²) >= 11 is 1.06. The smallest absolute Gasteiger partial charge is 0.406 e. The first kappa shape index (κ1) is 13.6. The number of ether oxygens (including phenoxy) is 1. The number of nitrogens with zero attached hydrogens (tertiary/aromatic N) is 1. The molecule has 0 aliphatic heterocycles. The predicted octanol–water partition coefficient (Wildman–Crippen LogP) is 2.71. The van der Waals surface area contributed by atoms with E-state index in [-0.39, 0.29) is 16.4 Å². The second-order valence-corrected chi connectivity index (χ2v) is 4.72. The van der Waals surface area contributed by atoms with Gasteiger partial charge in [-0.2, -0.15) is 0 Å². The van der Waals surface area contributed by atoms with Gasteiger partial charge in [-0.25, -0.2) is 4.98 Å². The monoisotopic (exact) mass is 290 g/mol. The number of aromatic nitrogens is 1. The minimum atomic E-state index is -4.77. The Labute approximate surface area is 110 Å². The second-order valence-electron chi connectivity index (χ2n) is 3.62. The molecular formula is C11H9F3N2O2S. The zero-order valence-corrected chi connectivity index (χ0v) is 10.2. The maximum Gasteiger partial charge on any atom is 0.573 e. The molecule has 1 atom stereocenters. The van der Waals surface area contributed by atoms with Gasteiger partial charge in [-0.1, -0.05) is 23.5 Å². The molecule has 0 saturated carbocycles. The van der Waals surface area contributed by atoms with Crippen molar-refractivity contribution < 1.29 is 23.0 Å². The molecular weight excluding hydrogens is 281 g/mol. The number of benzene rings is 1. The maximum atomic E-state index is 12.1. The Kier molecular flexibility index (Phi) is 3.63. The van der Waals surface area contributed by atoms with Crippen molar-refractivity contribution in [3.8, 4) is 5.75 Å². The largest absolute Gasteiger partial charge is 0.573 e. The first-order valence-electron chi connectivity index (χ1n) is 5.10. The number of alkyl halides is 3. The van der Waals surface area contributed by atoms with Crippen molar-refractivity contribution in [2.24, 2.45) is 0 Å². The van der Waals surface area contributed by atoms with Gasteiger partial charge < -0.3 is 15.6 Å². The summed E-state index contributed by atoms with van der Waals surface area (Å²) in [5.74, 6) is -0.387. The quantitative estimate of drug-likeness (QED) is 0.912. The van der Waals surface area contributed by atoms with E-state index in [1.807, 2.05) is 0 Å². The van der Waals surface area contributed by atoms with Gasteiger partial charge in [0.1, 0.15) is 11.9 Å². The van der Waals surface area contributed by atoms with Gasteiger partial charge in [0.05, 0.1) is 4.88 Å². The zero-order valence-electron chi connectivity index (χ0n) is 9.39. The van der Waals surface area contributed by atoms with E-state index in [1.165, 1.54) is 18.3 Å². The molecule has 3 N–H and O–H groups in total. The van der Waals surface area contributed by atoms with Crippen molar-refractivity contribution in [1.29, 1.82) is 0 Å². The summed E-state index contributed by atoms with van der Waals surface area (Å²) < 4.78 is 40.1. The molecule has 0 fully saturated rings. The molecule has 0 saturated heterocycles. The number of aliphatic hydroxyl groups is 1. The molecule has 8 heteroatoms. The number of rotatable bonds is 3. The second kappa shape index (κ2) is 5.06. The Bertz CT molecular complexity index is 571. The average Bonchev–Trinajstić information content (AvgIpc) is 2.73. The molecule has 0 bridgehead atoms. The van der Waals surface area contributed by atoms with Crippen LogP contribution in [-0.4, -0.2) is 16.5 Å². The average molecular weight is 290 g/mol. The van der Waals surface area contributed by atoms with Crippen LogP contribution >= 0.6 is 11.3 Å². The first-order valence-corrected chi connectivity index (χ1v) is 5.92. The van der Waals surface area contributed by atoms with Crippen LogP contribution in [0.25, 0.3) is 0 Å². The molecule has 102 valence electrons. The summed E-state index contributed by atoms with van der Waals surface area (Å²) in [5, 5.41) is 10.3. The van der Waals surface area contributed by atoms with E-state index in [2.05, 4.69) is 9.72 Å². The van der Waals surface area contributed by atoms with Crippen molar-refractivity contribution in [2.75, 3.05) is 5.73 Å². The maximum absolute atomic E-state index is 12.1. The van der Waals surface area contributed by atoms with E-state index in [9.17, 15) is 18.3 Å². The SMILES string of the molecule is Nc1ncc(C(O)c2cccc(OC(F)(F)F)c2)s1. The lowest BCUT2D eigenvalue weighted by Crippen LogP contribution is -2.17. The summed E-state index contributed by atoms with van der Waals surface area (Å²) in [5.41, 5.74) is 5.70. The standard InChI is InChI=1S/C11H9F3N2O2S/c12-11(13,14)18-7-3-1-2-6(4-7)9(17)8-5-16-10(15)19-8/h1-5,9,17H,(H2,15,16). The molecule has 2 aromatic rings. The van der Waals surface area contributed by atoms with Crippen LogP contribution in [-0.2, 0) is 0 Å². The highest BCUT2D eigenvalue weighted by Crippen LogP contribution is 2.31. The normalized spacial score (nSPS) is 13.3. The van der Waals surface area contributed by atoms with Crippen molar-refractivity contribution in [2.45, 2.75) is 12.5 Å². The molecule has 0 aliphatic rings. The molecule has 1 unspecified atom stereocenters. The highest BCUT2D eigenvalue weighted by molar-refractivity contribution is 7.15. The lowest BCUT2D eigenvalue weighted by atomic mass is 10.1. The Morgan fingerprint density at radius 2 is 2.11 bits per heavy atom. The predicted molar refractivity (Wildman–Crippen MR) is 63.7 cm³/mol. The fourth-order valence-electron chi connectivity index (χ4n) is 1.47. The summed E-state index contributed by atoms with van der Waals surface area (Å²) in [6, 6.07) is 5.13. The lowest BCUT2D eigenvalue weighted by Gasteiger charge is -2.12. The third kappa shape index (κ3) is 3.58. The van der Waals surface area contributed by atoms with Gasteiger partial charge in [0, 0.05) is 6.20 Å². The molecule has 1 aromatic heterocycles. The molecule has 0 amide bonds. The molecule has 1 aromatic carbocycles. The topological polar surface area (TPSA) is 68.4 Å². The van der Waals surface area contributed by atoms with Gasteiger partial charge in [-0.3, -0.25) is 0 Å². The van der Waals surface area contributed by atoms with E-state index in [1.54, 1.807) is 0 Å². The summed E-state index contributed by atoms with van der Waals surface area (Å²) in [6.07, 6.45) is -4.48. The summed E-state index contributed by atoms with van der Waals surface area (Å²) in [4.78, 5) is 4.22. The van der Waals surface area contributed by atoms with Crippen LogP contribution in [0, 0.1) is 0 Å². The van der Waals surface area contributed by atoms with E-state index in [0.29, 0.717) is 4.88 Å². The number of hydrogen-bond acceptors (Lipinski definition) is 5. The number of nitrogen functional groups attached to an aromatic ring is 1. The number of halogens is 3. The minimum absolute atomic E-state index is 0.269. The van der Waals surface area contributed by atoms with E-state index >= 15 is 0 Å². The van der Waals surface area contributed by atoms with Crippen molar-refractivity contribution in [1.82, 2.24) is 4.98 Å². The molecule has 1 heterocycles. The van der Waals surface area contributed by atoms with Gasteiger partial charge in [0.25, 0.3) is 0 Å². The number of anilines is 1. The number of thiazole rings is 1. The first-order chi connectivity index (χ1) is 8.85. The third-order valence-electron chi connectivity index (χ3n) is 2.22. The zero-order chi connectivity index (χ0) is 14.0. The fourth-order valence-corrected chi connectivity index (χ4v) is 2.17. The third-order valence-corrected chi connectivity index (χ3v) is 3.10. The molecule has 19 heavy (non-hydrogen) atoms. The molecule has 2 rings (SSSR count). The molecule has 0 aliphatic carbocycles. The van der Waals surface area contributed by atoms with Crippen LogP contribution in [0.2, 0.25) is 0 Å². The Morgan fingerprint density at radius 1 is 1.37 bits per heavy atom. The molecule has 4 nitrogen and oxygen atoms in total. The van der Waals surface area contributed by atoms with E-state index in [0.717, 1.165) is 23.5 Å². The Hall–Kier alpha value is -1.80. The number of aliphatic hydroxyl groups excluding tert-OH is 1. The summed E-state index contributed by atoms with van der Waals surface area (Å²) in [7, 11) is 0.